The molecule has 0 aliphatic heterocycles. The van der Waals surface area contributed by atoms with E-state index in [1.165, 1.54) is 12.5 Å². The largest absolute Gasteiger partial charge is 0.398 e. The molecule has 0 spiro atoms. The number of benzene rings is 1. The van der Waals surface area contributed by atoms with Gasteiger partial charge in [0.15, 0.2) is 5.82 Å². The number of nitrogen functional groups attached to an aromatic ring is 1. The Morgan fingerprint density at radius 2 is 1.95 bits per heavy atom. The molecule has 2 aromatic rings. The van der Waals surface area contributed by atoms with Gasteiger partial charge in [-0.15, -0.1) is 0 Å². The first-order valence-electron chi connectivity index (χ1n) is 7.64. The summed E-state index contributed by atoms with van der Waals surface area (Å²) in [6.07, 6.45) is 5.07. The van der Waals surface area contributed by atoms with Crippen LogP contribution in [0.1, 0.15) is 33.1 Å². The fraction of sp³-hybridized carbons (Fsp3) is 0.471. The van der Waals surface area contributed by atoms with E-state index in [0.717, 1.165) is 18.2 Å². The van der Waals surface area contributed by atoms with Crippen molar-refractivity contribution in [2.75, 3.05) is 11.1 Å². The molecule has 0 bridgehead atoms. The van der Waals surface area contributed by atoms with Gasteiger partial charge in [0.1, 0.15) is 0 Å². The summed E-state index contributed by atoms with van der Waals surface area (Å²) in [5.41, 5.74) is 7.45. The molecule has 1 aliphatic rings. The molecular formula is C17H22FN3. The molecule has 112 valence electrons. The number of fused-ring (bicyclic) bond motifs is 1. The Bertz CT molecular complexity index is 646. The minimum Gasteiger partial charge on any atom is -0.398 e. The third-order valence-electron chi connectivity index (χ3n) is 4.40. The molecule has 2 atom stereocenters. The van der Waals surface area contributed by atoms with Crippen molar-refractivity contribution in [1.82, 2.24) is 4.98 Å². The zero-order valence-electron chi connectivity index (χ0n) is 12.6. The molecule has 3 rings (SSSR count). The van der Waals surface area contributed by atoms with Crippen LogP contribution in [-0.4, -0.2) is 11.0 Å². The van der Waals surface area contributed by atoms with E-state index in [-0.39, 0.29) is 5.82 Å². The van der Waals surface area contributed by atoms with E-state index in [9.17, 15) is 4.39 Å². The maximum absolute atomic E-state index is 14.3. The third-order valence-corrected chi connectivity index (χ3v) is 4.40. The first-order chi connectivity index (χ1) is 10.0. The molecule has 1 aliphatic carbocycles. The van der Waals surface area contributed by atoms with Gasteiger partial charge in [-0.05, 0) is 49.3 Å². The normalized spacial score (nSPS) is 26.0. The van der Waals surface area contributed by atoms with Crippen LogP contribution in [0.4, 0.5) is 15.8 Å². The van der Waals surface area contributed by atoms with Crippen LogP contribution in [0.2, 0.25) is 0 Å². The van der Waals surface area contributed by atoms with Gasteiger partial charge in [0.2, 0.25) is 0 Å². The van der Waals surface area contributed by atoms with E-state index in [4.69, 9.17) is 5.73 Å². The standard InChI is InChI=1S/C17H22FN3/c1-10-6-11(2)8-12(7-10)21-17-14(18)9-15(19)13-4-3-5-20-16(13)17/h3-5,9-12,21H,6-8,19H2,1-2H3. The molecule has 0 amide bonds. The van der Waals surface area contributed by atoms with Crippen molar-refractivity contribution in [1.29, 1.82) is 0 Å². The highest BCUT2D eigenvalue weighted by molar-refractivity contribution is 5.98. The molecule has 1 heterocycles. The predicted molar refractivity (Wildman–Crippen MR) is 85.7 cm³/mol. The van der Waals surface area contributed by atoms with E-state index in [0.29, 0.717) is 34.8 Å². The molecule has 4 heteroatoms. The van der Waals surface area contributed by atoms with Gasteiger partial charge >= 0.3 is 0 Å². The smallest absolute Gasteiger partial charge is 0.150 e. The van der Waals surface area contributed by atoms with Gasteiger partial charge in [0.25, 0.3) is 0 Å². The predicted octanol–water partition coefficient (Wildman–Crippen LogP) is 4.19. The van der Waals surface area contributed by atoms with Gasteiger partial charge in [-0.1, -0.05) is 13.8 Å². The maximum atomic E-state index is 14.3. The van der Waals surface area contributed by atoms with Gasteiger partial charge < -0.3 is 11.1 Å². The second-order valence-corrected chi connectivity index (χ2v) is 6.48. The Hall–Kier alpha value is -1.84. The van der Waals surface area contributed by atoms with Gasteiger partial charge in [-0.25, -0.2) is 4.39 Å². The highest BCUT2D eigenvalue weighted by atomic mass is 19.1. The topological polar surface area (TPSA) is 50.9 Å². The quantitative estimate of drug-likeness (QED) is 0.814. The van der Waals surface area contributed by atoms with Crippen molar-refractivity contribution < 1.29 is 4.39 Å². The van der Waals surface area contributed by atoms with Crippen LogP contribution in [0.25, 0.3) is 10.9 Å². The number of rotatable bonds is 2. The number of nitrogens with one attached hydrogen (secondary N) is 1. The number of halogens is 1. The Morgan fingerprint density at radius 3 is 2.67 bits per heavy atom. The van der Waals surface area contributed by atoms with Crippen LogP contribution in [0.15, 0.2) is 24.4 Å². The van der Waals surface area contributed by atoms with Crippen LogP contribution in [0, 0.1) is 17.7 Å². The Balaban J connectivity index is 1.97. The summed E-state index contributed by atoms with van der Waals surface area (Å²) in [5.74, 6) is 1.02. The number of nitrogens with zero attached hydrogens (tertiary/aromatic N) is 1. The van der Waals surface area contributed by atoms with E-state index >= 15 is 0 Å². The molecule has 21 heavy (non-hydrogen) atoms. The molecule has 0 saturated heterocycles. The van der Waals surface area contributed by atoms with E-state index < -0.39 is 0 Å². The van der Waals surface area contributed by atoms with Gasteiger partial charge in [-0.2, -0.15) is 0 Å². The van der Waals surface area contributed by atoms with Crippen molar-refractivity contribution in [3.8, 4) is 0 Å². The fourth-order valence-electron chi connectivity index (χ4n) is 3.64. The van der Waals surface area contributed by atoms with Crippen molar-refractivity contribution in [3.63, 3.8) is 0 Å². The summed E-state index contributed by atoms with van der Waals surface area (Å²) in [7, 11) is 0. The van der Waals surface area contributed by atoms with Gasteiger partial charge in [-0.3, -0.25) is 4.98 Å². The lowest BCUT2D eigenvalue weighted by Crippen LogP contribution is -2.30. The molecule has 3 N–H and O–H groups in total. The summed E-state index contributed by atoms with van der Waals surface area (Å²) in [5, 5.41) is 4.19. The van der Waals surface area contributed by atoms with Crippen molar-refractivity contribution >= 4 is 22.3 Å². The summed E-state index contributed by atoms with van der Waals surface area (Å²) in [6, 6.07) is 5.40. The van der Waals surface area contributed by atoms with Crippen LogP contribution >= 0.6 is 0 Å². The molecule has 3 nitrogen and oxygen atoms in total. The van der Waals surface area contributed by atoms with Crippen LogP contribution < -0.4 is 11.1 Å². The fourth-order valence-corrected chi connectivity index (χ4v) is 3.64. The molecule has 1 saturated carbocycles. The number of hydrogen-bond donors (Lipinski definition) is 2. The first-order valence-corrected chi connectivity index (χ1v) is 7.64. The lowest BCUT2D eigenvalue weighted by atomic mass is 9.80. The van der Waals surface area contributed by atoms with E-state index in [1.54, 1.807) is 6.20 Å². The zero-order valence-corrected chi connectivity index (χ0v) is 12.6. The number of hydrogen-bond acceptors (Lipinski definition) is 3. The average Bonchev–Trinajstić information content (AvgIpc) is 2.42. The monoisotopic (exact) mass is 287 g/mol. The zero-order chi connectivity index (χ0) is 15.0. The second-order valence-electron chi connectivity index (χ2n) is 6.48. The summed E-state index contributed by atoms with van der Waals surface area (Å²) < 4.78 is 14.3. The highest BCUT2D eigenvalue weighted by Gasteiger charge is 2.25. The molecule has 1 aromatic heterocycles. The van der Waals surface area contributed by atoms with E-state index in [2.05, 4.69) is 24.1 Å². The number of aromatic nitrogens is 1. The summed E-state index contributed by atoms with van der Waals surface area (Å²) >= 11 is 0. The van der Waals surface area contributed by atoms with Crippen LogP contribution in [-0.2, 0) is 0 Å². The summed E-state index contributed by atoms with van der Waals surface area (Å²) in [4.78, 5) is 4.32. The number of anilines is 2. The minimum atomic E-state index is -0.315. The van der Waals surface area contributed by atoms with Crippen LogP contribution in [0.3, 0.4) is 0 Å². The van der Waals surface area contributed by atoms with Crippen molar-refractivity contribution in [3.05, 3.63) is 30.2 Å². The van der Waals surface area contributed by atoms with Crippen molar-refractivity contribution in [2.45, 2.75) is 39.2 Å². The Labute approximate surface area is 124 Å². The number of pyridine rings is 1. The molecule has 1 aromatic carbocycles. The molecule has 1 fully saturated rings. The lowest BCUT2D eigenvalue weighted by Gasteiger charge is -2.32. The molecule has 2 unspecified atom stereocenters. The Morgan fingerprint density at radius 1 is 1.24 bits per heavy atom. The number of nitrogens with two attached hydrogens (primary N) is 1. The average molecular weight is 287 g/mol. The van der Waals surface area contributed by atoms with E-state index in [1.807, 2.05) is 12.1 Å². The van der Waals surface area contributed by atoms with Crippen molar-refractivity contribution in [2.24, 2.45) is 11.8 Å². The highest BCUT2D eigenvalue weighted by Crippen LogP contribution is 2.34. The van der Waals surface area contributed by atoms with Crippen LogP contribution in [0.5, 0.6) is 0 Å². The summed E-state index contributed by atoms with van der Waals surface area (Å²) in [6.45, 7) is 4.53. The minimum absolute atomic E-state index is 0.298. The third kappa shape index (κ3) is 2.80. The lowest BCUT2D eigenvalue weighted by molar-refractivity contribution is 0.280. The van der Waals surface area contributed by atoms with Gasteiger partial charge in [0, 0.05) is 23.3 Å². The second kappa shape index (κ2) is 5.51. The SMILES string of the molecule is CC1CC(C)CC(Nc2c(F)cc(N)c3cccnc23)C1. The molecule has 0 radical (unpaired) electrons. The van der Waals surface area contributed by atoms with Gasteiger partial charge in [0.05, 0.1) is 11.2 Å². The maximum Gasteiger partial charge on any atom is 0.150 e. The Kier molecular flexibility index (Phi) is 3.70. The molecular weight excluding hydrogens is 265 g/mol. The first kappa shape index (κ1) is 14.1.